The molecule has 2 unspecified atom stereocenters. The van der Waals surface area contributed by atoms with Crippen LogP contribution in [0.5, 0.6) is 0 Å². The highest BCUT2D eigenvalue weighted by Gasteiger charge is 2.15. The Morgan fingerprint density at radius 2 is 2.06 bits per heavy atom. The van der Waals surface area contributed by atoms with Crippen LogP contribution in [0.25, 0.3) is 0 Å². The lowest BCUT2D eigenvalue weighted by atomic mass is 10.0. The first-order valence-corrected chi connectivity index (χ1v) is 5.71. The molecular formula is C13H19F2NO. The number of hydrogen-bond donors (Lipinski definition) is 1. The van der Waals surface area contributed by atoms with Gasteiger partial charge in [-0.25, -0.2) is 8.78 Å². The molecular weight excluding hydrogens is 224 g/mol. The fourth-order valence-electron chi connectivity index (χ4n) is 1.77. The summed E-state index contributed by atoms with van der Waals surface area (Å²) < 4.78 is 31.7. The third kappa shape index (κ3) is 4.06. The second-order valence-electron chi connectivity index (χ2n) is 4.18. The number of ether oxygens (including phenoxy) is 1. The lowest BCUT2D eigenvalue weighted by Crippen LogP contribution is -2.32. The van der Waals surface area contributed by atoms with Gasteiger partial charge in [0.15, 0.2) is 11.6 Å². The van der Waals surface area contributed by atoms with Crippen LogP contribution in [0.1, 0.15) is 18.9 Å². The van der Waals surface area contributed by atoms with Crippen LogP contribution in [0.4, 0.5) is 8.78 Å². The molecule has 1 N–H and O–H groups in total. The van der Waals surface area contributed by atoms with E-state index in [4.69, 9.17) is 4.74 Å². The number of rotatable bonds is 6. The minimum atomic E-state index is -0.794. The van der Waals surface area contributed by atoms with Crippen LogP contribution >= 0.6 is 0 Å². The lowest BCUT2D eigenvalue weighted by Gasteiger charge is -2.20. The van der Waals surface area contributed by atoms with Gasteiger partial charge in [0.05, 0.1) is 6.10 Å². The van der Waals surface area contributed by atoms with Crippen LogP contribution in [-0.2, 0) is 11.2 Å². The molecule has 96 valence electrons. The van der Waals surface area contributed by atoms with E-state index in [1.807, 2.05) is 14.0 Å². The molecule has 0 aliphatic rings. The van der Waals surface area contributed by atoms with Crippen LogP contribution in [0.3, 0.4) is 0 Å². The number of hydrogen-bond acceptors (Lipinski definition) is 2. The molecule has 0 saturated heterocycles. The first kappa shape index (κ1) is 14.1. The Morgan fingerprint density at radius 3 is 2.65 bits per heavy atom. The number of likely N-dealkylation sites (N-methyl/N-ethyl adjacent to an activating group) is 1. The van der Waals surface area contributed by atoms with Crippen molar-refractivity contribution in [1.82, 2.24) is 5.32 Å². The Labute approximate surface area is 101 Å². The molecule has 1 rings (SSSR count). The molecule has 0 aromatic heterocycles. The molecule has 4 heteroatoms. The molecule has 0 aliphatic heterocycles. The molecule has 0 heterocycles. The lowest BCUT2D eigenvalue weighted by molar-refractivity contribution is 0.101. The molecule has 1 aromatic carbocycles. The summed E-state index contributed by atoms with van der Waals surface area (Å²) in [6, 6.07) is 4.34. The monoisotopic (exact) mass is 243 g/mol. The summed E-state index contributed by atoms with van der Waals surface area (Å²) in [6.45, 7) is 1.95. The van der Waals surface area contributed by atoms with E-state index in [2.05, 4.69) is 5.32 Å². The molecule has 1 aromatic rings. The molecule has 17 heavy (non-hydrogen) atoms. The minimum absolute atomic E-state index is 0.0706. The van der Waals surface area contributed by atoms with Gasteiger partial charge in [0.25, 0.3) is 0 Å². The molecule has 0 amide bonds. The van der Waals surface area contributed by atoms with Crippen molar-refractivity contribution >= 4 is 0 Å². The normalized spacial score (nSPS) is 14.6. The van der Waals surface area contributed by atoms with Crippen molar-refractivity contribution in [1.29, 1.82) is 0 Å². The van der Waals surface area contributed by atoms with E-state index in [1.165, 1.54) is 6.07 Å². The van der Waals surface area contributed by atoms with E-state index >= 15 is 0 Å². The van der Waals surface area contributed by atoms with Crippen LogP contribution in [-0.4, -0.2) is 26.3 Å². The SMILES string of the molecule is CNC(Cc1cccc(F)c1F)CC(C)OC. The molecule has 0 bridgehead atoms. The summed E-state index contributed by atoms with van der Waals surface area (Å²) in [5, 5.41) is 3.09. The van der Waals surface area contributed by atoms with E-state index in [-0.39, 0.29) is 12.1 Å². The largest absolute Gasteiger partial charge is 0.382 e. The summed E-state index contributed by atoms with van der Waals surface area (Å²) in [7, 11) is 3.45. The van der Waals surface area contributed by atoms with Crippen LogP contribution < -0.4 is 5.32 Å². The standard InChI is InChI=1S/C13H19F2NO/c1-9(17-3)7-11(16-2)8-10-5-4-6-12(14)13(10)15/h4-6,9,11,16H,7-8H2,1-3H3. The Bertz CT molecular complexity index is 357. The van der Waals surface area contributed by atoms with Crippen molar-refractivity contribution in [2.45, 2.75) is 31.9 Å². The second kappa shape index (κ2) is 6.67. The Balaban J connectivity index is 2.70. The zero-order chi connectivity index (χ0) is 12.8. The highest BCUT2D eigenvalue weighted by molar-refractivity contribution is 5.20. The van der Waals surface area contributed by atoms with Crippen molar-refractivity contribution in [3.05, 3.63) is 35.4 Å². The predicted octanol–water partition coefficient (Wildman–Crippen LogP) is 2.52. The van der Waals surface area contributed by atoms with Crippen molar-refractivity contribution < 1.29 is 13.5 Å². The maximum Gasteiger partial charge on any atom is 0.162 e. The summed E-state index contributed by atoms with van der Waals surface area (Å²) >= 11 is 0. The topological polar surface area (TPSA) is 21.3 Å². The van der Waals surface area contributed by atoms with E-state index in [9.17, 15) is 8.78 Å². The van der Waals surface area contributed by atoms with Gasteiger partial charge in [0.1, 0.15) is 0 Å². The van der Waals surface area contributed by atoms with E-state index in [0.717, 1.165) is 12.5 Å². The Hall–Kier alpha value is -1.00. The summed E-state index contributed by atoms with van der Waals surface area (Å²) in [5.74, 6) is -1.55. The summed E-state index contributed by atoms with van der Waals surface area (Å²) in [5.41, 5.74) is 0.396. The van der Waals surface area contributed by atoms with Gasteiger partial charge >= 0.3 is 0 Å². The van der Waals surface area contributed by atoms with Crippen LogP contribution in [0.15, 0.2) is 18.2 Å². The maximum atomic E-state index is 13.5. The van der Waals surface area contributed by atoms with Gasteiger partial charge in [0, 0.05) is 13.2 Å². The third-order valence-electron chi connectivity index (χ3n) is 2.92. The summed E-state index contributed by atoms with van der Waals surface area (Å²) in [4.78, 5) is 0. The molecule has 0 saturated carbocycles. The van der Waals surface area contributed by atoms with Crippen molar-refractivity contribution in [2.24, 2.45) is 0 Å². The van der Waals surface area contributed by atoms with Crippen molar-refractivity contribution in [3.8, 4) is 0 Å². The maximum absolute atomic E-state index is 13.5. The van der Waals surface area contributed by atoms with Gasteiger partial charge in [-0.1, -0.05) is 12.1 Å². The average molecular weight is 243 g/mol. The molecule has 0 spiro atoms. The van der Waals surface area contributed by atoms with Crippen molar-refractivity contribution in [3.63, 3.8) is 0 Å². The van der Waals surface area contributed by atoms with Gasteiger partial charge in [-0.3, -0.25) is 0 Å². The van der Waals surface area contributed by atoms with Gasteiger partial charge < -0.3 is 10.1 Å². The number of nitrogens with one attached hydrogen (secondary N) is 1. The first-order valence-electron chi connectivity index (χ1n) is 5.71. The van der Waals surface area contributed by atoms with Crippen LogP contribution in [0, 0.1) is 11.6 Å². The molecule has 2 nitrogen and oxygen atoms in total. The minimum Gasteiger partial charge on any atom is -0.382 e. The molecule has 0 fully saturated rings. The predicted molar refractivity (Wildman–Crippen MR) is 64.0 cm³/mol. The van der Waals surface area contributed by atoms with E-state index in [0.29, 0.717) is 12.0 Å². The summed E-state index contributed by atoms with van der Waals surface area (Å²) in [6.07, 6.45) is 1.29. The third-order valence-corrected chi connectivity index (χ3v) is 2.92. The van der Waals surface area contributed by atoms with E-state index < -0.39 is 11.6 Å². The number of methoxy groups -OCH3 is 1. The fourth-order valence-corrected chi connectivity index (χ4v) is 1.77. The first-order chi connectivity index (χ1) is 8.08. The molecule has 0 radical (unpaired) electrons. The van der Waals surface area contributed by atoms with Gasteiger partial charge in [0.2, 0.25) is 0 Å². The molecule has 0 aliphatic carbocycles. The van der Waals surface area contributed by atoms with Gasteiger partial charge in [-0.15, -0.1) is 0 Å². The van der Waals surface area contributed by atoms with Gasteiger partial charge in [-0.2, -0.15) is 0 Å². The highest BCUT2D eigenvalue weighted by atomic mass is 19.2. The number of benzene rings is 1. The van der Waals surface area contributed by atoms with Crippen molar-refractivity contribution in [2.75, 3.05) is 14.2 Å². The number of halogens is 2. The Morgan fingerprint density at radius 1 is 1.35 bits per heavy atom. The second-order valence-corrected chi connectivity index (χ2v) is 4.18. The quantitative estimate of drug-likeness (QED) is 0.829. The Kier molecular flexibility index (Phi) is 5.51. The molecule has 2 atom stereocenters. The van der Waals surface area contributed by atoms with Gasteiger partial charge in [-0.05, 0) is 38.4 Å². The van der Waals surface area contributed by atoms with Crippen LogP contribution in [0.2, 0.25) is 0 Å². The average Bonchev–Trinajstić information content (AvgIpc) is 2.33. The highest BCUT2D eigenvalue weighted by Crippen LogP contribution is 2.15. The van der Waals surface area contributed by atoms with E-state index in [1.54, 1.807) is 13.2 Å². The smallest absolute Gasteiger partial charge is 0.162 e. The zero-order valence-electron chi connectivity index (χ0n) is 10.5. The zero-order valence-corrected chi connectivity index (χ0v) is 10.5. The fraction of sp³-hybridized carbons (Fsp3) is 0.538.